The van der Waals surface area contributed by atoms with Crippen LogP contribution in [0.15, 0.2) is 18.8 Å². The van der Waals surface area contributed by atoms with Crippen molar-refractivity contribution in [3.05, 3.63) is 30.4 Å². The molecular formula is C7H5F3N2. The number of halogens is 3. The van der Waals surface area contributed by atoms with E-state index in [2.05, 4.69) is 16.5 Å². The molecule has 1 aromatic heterocycles. The van der Waals surface area contributed by atoms with Gasteiger partial charge in [0.1, 0.15) is 5.69 Å². The summed E-state index contributed by atoms with van der Waals surface area (Å²) in [4.78, 5) is 6.75. The molecule has 1 aromatic rings. The van der Waals surface area contributed by atoms with Crippen molar-refractivity contribution in [2.75, 3.05) is 0 Å². The highest BCUT2D eigenvalue weighted by molar-refractivity contribution is 5.35. The molecule has 0 aliphatic carbocycles. The lowest BCUT2D eigenvalue weighted by Gasteiger charge is -2.04. The first-order valence-electron chi connectivity index (χ1n) is 3.06. The molecule has 0 radical (unpaired) electrons. The van der Waals surface area contributed by atoms with Crippen LogP contribution in [-0.2, 0) is 6.18 Å². The molecule has 2 nitrogen and oxygen atoms in total. The smallest absolute Gasteiger partial charge is 0.237 e. The second-order valence-electron chi connectivity index (χ2n) is 2.00. The van der Waals surface area contributed by atoms with Gasteiger partial charge in [0, 0.05) is 6.20 Å². The van der Waals surface area contributed by atoms with Gasteiger partial charge >= 0.3 is 6.18 Å². The predicted octanol–water partition coefficient (Wildman–Crippen LogP) is 2.14. The number of rotatable bonds is 1. The summed E-state index contributed by atoms with van der Waals surface area (Å²) in [6.07, 6.45) is -2.21. The molecule has 0 spiro atoms. The highest BCUT2D eigenvalue weighted by atomic mass is 19.4. The zero-order valence-electron chi connectivity index (χ0n) is 5.97. The van der Waals surface area contributed by atoms with Crippen molar-refractivity contribution in [2.45, 2.75) is 6.18 Å². The maximum absolute atomic E-state index is 12.0. The molecule has 0 bridgehead atoms. The molecule has 0 fully saturated rings. The third-order valence-corrected chi connectivity index (χ3v) is 1.15. The number of nitrogens with zero attached hydrogens (tertiary/aromatic N) is 2. The first kappa shape index (κ1) is 8.70. The molecule has 5 heteroatoms. The third kappa shape index (κ3) is 1.81. The summed E-state index contributed by atoms with van der Waals surface area (Å²) in [5.41, 5.74) is -0.951. The Hall–Kier alpha value is -1.39. The van der Waals surface area contributed by atoms with Crippen LogP contribution in [0.2, 0.25) is 0 Å². The molecule has 12 heavy (non-hydrogen) atoms. The summed E-state index contributed by atoms with van der Waals surface area (Å²) < 4.78 is 35.9. The van der Waals surface area contributed by atoms with Crippen LogP contribution in [0.3, 0.4) is 0 Å². The molecule has 1 rings (SSSR count). The lowest BCUT2D eigenvalue weighted by atomic mass is 10.4. The molecule has 0 saturated heterocycles. The summed E-state index contributed by atoms with van der Waals surface area (Å²) >= 11 is 0. The second kappa shape index (κ2) is 2.92. The summed E-state index contributed by atoms with van der Waals surface area (Å²) in [7, 11) is 0. The monoisotopic (exact) mass is 174 g/mol. The Morgan fingerprint density at radius 1 is 1.42 bits per heavy atom. The average Bonchev–Trinajstić information content (AvgIpc) is 2.03. The SMILES string of the molecule is C=Cc1nccc(C(F)(F)F)n1. The number of aromatic nitrogens is 2. The zero-order chi connectivity index (χ0) is 9.19. The maximum Gasteiger partial charge on any atom is 0.433 e. The third-order valence-electron chi connectivity index (χ3n) is 1.15. The zero-order valence-corrected chi connectivity index (χ0v) is 5.97. The highest BCUT2D eigenvalue weighted by Crippen LogP contribution is 2.26. The molecule has 0 aromatic carbocycles. The van der Waals surface area contributed by atoms with Crippen LogP contribution in [-0.4, -0.2) is 9.97 Å². The molecule has 0 N–H and O–H groups in total. The molecule has 1 heterocycles. The van der Waals surface area contributed by atoms with Gasteiger partial charge in [0.15, 0.2) is 5.82 Å². The van der Waals surface area contributed by atoms with Gasteiger partial charge in [-0.05, 0) is 12.1 Å². The topological polar surface area (TPSA) is 25.8 Å². The predicted molar refractivity (Wildman–Crippen MR) is 37.1 cm³/mol. The Kier molecular flexibility index (Phi) is 2.12. The van der Waals surface area contributed by atoms with Gasteiger partial charge in [-0.15, -0.1) is 0 Å². The molecule has 0 saturated carbocycles. The van der Waals surface area contributed by atoms with E-state index in [0.717, 1.165) is 18.3 Å². The van der Waals surface area contributed by atoms with Gasteiger partial charge in [0.2, 0.25) is 0 Å². The van der Waals surface area contributed by atoms with Crippen molar-refractivity contribution in [2.24, 2.45) is 0 Å². The van der Waals surface area contributed by atoms with Gasteiger partial charge in [-0.2, -0.15) is 13.2 Å². The van der Waals surface area contributed by atoms with Crippen LogP contribution in [0, 0.1) is 0 Å². The largest absolute Gasteiger partial charge is 0.433 e. The normalized spacial score (nSPS) is 11.2. The van der Waals surface area contributed by atoms with E-state index in [4.69, 9.17) is 0 Å². The van der Waals surface area contributed by atoms with Gasteiger partial charge in [0.05, 0.1) is 0 Å². The van der Waals surface area contributed by atoms with E-state index in [9.17, 15) is 13.2 Å². The standard InChI is InChI=1S/C7H5F3N2/c1-2-6-11-4-3-5(12-6)7(8,9)10/h2-4H,1H2. The van der Waals surface area contributed by atoms with Gasteiger partial charge in [-0.1, -0.05) is 6.58 Å². The van der Waals surface area contributed by atoms with Crippen LogP contribution >= 0.6 is 0 Å². The van der Waals surface area contributed by atoms with Crippen LogP contribution in [0.5, 0.6) is 0 Å². The van der Waals surface area contributed by atoms with Gasteiger partial charge in [-0.3, -0.25) is 0 Å². The van der Waals surface area contributed by atoms with Gasteiger partial charge in [0.25, 0.3) is 0 Å². The van der Waals surface area contributed by atoms with Crippen LogP contribution < -0.4 is 0 Å². The van der Waals surface area contributed by atoms with Crippen molar-refractivity contribution in [3.8, 4) is 0 Å². The quantitative estimate of drug-likeness (QED) is 0.651. The lowest BCUT2D eigenvalue weighted by Crippen LogP contribution is -2.08. The van der Waals surface area contributed by atoms with E-state index < -0.39 is 11.9 Å². The Balaban J connectivity index is 3.10. The summed E-state index contributed by atoms with van der Waals surface area (Å²) in [5.74, 6) is -0.0233. The van der Waals surface area contributed by atoms with Crippen molar-refractivity contribution in [1.29, 1.82) is 0 Å². The average molecular weight is 174 g/mol. The molecule has 0 unspecified atom stereocenters. The van der Waals surface area contributed by atoms with Crippen LogP contribution in [0.1, 0.15) is 11.5 Å². The lowest BCUT2D eigenvalue weighted by molar-refractivity contribution is -0.141. The Labute approximate surface area is 66.8 Å². The minimum Gasteiger partial charge on any atom is -0.237 e. The Bertz CT molecular complexity index is 293. The molecule has 0 aliphatic heterocycles. The first-order valence-corrected chi connectivity index (χ1v) is 3.06. The van der Waals surface area contributed by atoms with Crippen LogP contribution in [0.4, 0.5) is 13.2 Å². The minimum absolute atomic E-state index is 0.0233. The van der Waals surface area contributed by atoms with E-state index in [1.807, 2.05) is 0 Å². The maximum atomic E-state index is 12.0. The van der Waals surface area contributed by atoms with E-state index in [0.29, 0.717) is 0 Å². The molecule has 0 atom stereocenters. The molecular weight excluding hydrogens is 169 g/mol. The molecule has 0 aliphatic rings. The van der Waals surface area contributed by atoms with Gasteiger partial charge < -0.3 is 0 Å². The number of hydrogen-bond acceptors (Lipinski definition) is 2. The van der Waals surface area contributed by atoms with Crippen molar-refractivity contribution < 1.29 is 13.2 Å². The molecule has 64 valence electrons. The first-order chi connectivity index (χ1) is 5.54. The fourth-order valence-electron chi connectivity index (χ4n) is 0.630. The van der Waals surface area contributed by atoms with E-state index in [-0.39, 0.29) is 5.82 Å². The second-order valence-corrected chi connectivity index (χ2v) is 2.00. The number of hydrogen-bond donors (Lipinski definition) is 0. The van der Waals surface area contributed by atoms with E-state index in [1.54, 1.807) is 0 Å². The fraction of sp³-hybridized carbons (Fsp3) is 0.143. The summed E-state index contributed by atoms with van der Waals surface area (Å²) in [6.45, 7) is 3.26. The summed E-state index contributed by atoms with van der Waals surface area (Å²) in [6, 6.07) is 0.812. The Morgan fingerprint density at radius 3 is 2.58 bits per heavy atom. The van der Waals surface area contributed by atoms with Gasteiger partial charge in [-0.25, -0.2) is 9.97 Å². The van der Waals surface area contributed by atoms with E-state index in [1.165, 1.54) is 0 Å². The minimum atomic E-state index is -4.42. The molecule has 0 amide bonds. The summed E-state index contributed by atoms with van der Waals surface area (Å²) in [5, 5.41) is 0. The van der Waals surface area contributed by atoms with Crippen molar-refractivity contribution in [3.63, 3.8) is 0 Å². The van der Waals surface area contributed by atoms with Crippen LogP contribution in [0.25, 0.3) is 6.08 Å². The van der Waals surface area contributed by atoms with E-state index >= 15 is 0 Å². The fourth-order valence-corrected chi connectivity index (χ4v) is 0.630. The van der Waals surface area contributed by atoms with Crippen molar-refractivity contribution in [1.82, 2.24) is 9.97 Å². The highest BCUT2D eigenvalue weighted by Gasteiger charge is 2.32. The Morgan fingerprint density at radius 2 is 2.08 bits per heavy atom. The van der Waals surface area contributed by atoms with Crippen molar-refractivity contribution >= 4 is 6.08 Å². The number of alkyl halides is 3.